The summed E-state index contributed by atoms with van der Waals surface area (Å²) in [6, 6.07) is 2.16. The van der Waals surface area contributed by atoms with Crippen LogP contribution < -0.4 is 4.90 Å². The van der Waals surface area contributed by atoms with Crippen LogP contribution in [0.1, 0.15) is 11.3 Å². The molecular formula is C12H11Br2N3S2. The van der Waals surface area contributed by atoms with Gasteiger partial charge >= 0.3 is 0 Å². The van der Waals surface area contributed by atoms with E-state index in [2.05, 4.69) is 71.2 Å². The van der Waals surface area contributed by atoms with E-state index in [9.17, 15) is 0 Å². The van der Waals surface area contributed by atoms with Crippen molar-refractivity contribution in [3.05, 3.63) is 38.1 Å². The summed E-state index contributed by atoms with van der Waals surface area (Å²) in [4.78, 5) is 7.96. The van der Waals surface area contributed by atoms with Gasteiger partial charge in [-0.3, -0.25) is 4.40 Å². The van der Waals surface area contributed by atoms with E-state index in [1.165, 1.54) is 15.0 Å². The van der Waals surface area contributed by atoms with Crippen molar-refractivity contribution < 1.29 is 0 Å². The zero-order chi connectivity index (χ0) is 13.4. The van der Waals surface area contributed by atoms with Crippen molar-refractivity contribution in [2.24, 2.45) is 0 Å². The molecule has 0 aliphatic carbocycles. The lowest BCUT2D eigenvalue weighted by molar-refractivity contribution is 0.899. The smallest absolute Gasteiger partial charge is 0.195 e. The van der Waals surface area contributed by atoms with Crippen LogP contribution in [0.15, 0.2) is 26.8 Å². The van der Waals surface area contributed by atoms with Crippen LogP contribution in [0.5, 0.6) is 0 Å². The SMILES string of the molecule is CN(Cc1csc(Br)c1)c1nc2sccn2c1CBr. The van der Waals surface area contributed by atoms with Crippen LogP contribution in [0, 0.1) is 0 Å². The highest BCUT2D eigenvalue weighted by Crippen LogP contribution is 2.28. The fourth-order valence-electron chi connectivity index (χ4n) is 2.03. The summed E-state index contributed by atoms with van der Waals surface area (Å²) in [5, 5.41) is 5.04. The number of hydrogen-bond donors (Lipinski definition) is 0. The molecule has 0 aliphatic rings. The molecule has 0 saturated carbocycles. The molecule has 3 aromatic heterocycles. The first-order valence-corrected chi connectivity index (χ1v) is 9.31. The predicted molar refractivity (Wildman–Crippen MR) is 89.8 cm³/mol. The molecule has 0 amide bonds. The molecule has 3 nitrogen and oxygen atoms in total. The lowest BCUT2D eigenvalue weighted by atomic mass is 10.3. The Labute approximate surface area is 136 Å². The summed E-state index contributed by atoms with van der Waals surface area (Å²) in [7, 11) is 2.09. The number of nitrogens with zero attached hydrogens (tertiary/aromatic N) is 3. The largest absolute Gasteiger partial charge is 0.354 e. The molecule has 0 aliphatic heterocycles. The third-order valence-electron chi connectivity index (χ3n) is 2.87. The fraction of sp³-hybridized carbons (Fsp3) is 0.250. The Bertz CT molecular complexity index is 701. The molecule has 3 aromatic rings. The van der Waals surface area contributed by atoms with E-state index < -0.39 is 0 Å². The Morgan fingerprint density at radius 2 is 2.26 bits per heavy atom. The maximum absolute atomic E-state index is 4.72. The van der Waals surface area contributed by atoms with Crippen LogP contribution in [0.3, 0.4) is 0 Å². The number of hydrogen-bond acceptors (Lipinski definition) is 4. The van der Waals surface area contributed by atoms with E-state index in [0.717, 1.165) is 22.7 Å². The third kappa shape index (κ3) is 2.61. The van der Waals surface area contributed by atoms with Crippen molar-refractivity contribution in [1.82, 2.24) is 9.38 Å². The molecular weight excluding hydrogens is 410 g/mol. The van der Waals surface area contributed by atoms with Crippen LogP contribution >= 0.6 is 54.5 Å². The summed E-state index contributed by atoms with van der Waals surface area (Å²) in [6.07, 6.45) is 2.07. The van der Waals surface area contributed by atoms with E-state index in [-0.39, 0.29) is 0 Å². The van der Waals surface area contributed by atoms with Gasteiger partial charge in [0.1, 0.15) is 0 Å². The normalized spacial score (nSPS) is 11.3. The molecule has 0 fully saturated rings. The van der Waals surface area contributed by atoms with Crippen LogP contribution in [-0.4, -0.2) is 16.4 Å². The van der Waals surface area contributed by atoms with Gasteiger partial charge in [0.25, 0.3) is 0 Å². The van der Waals surface area contributed by atoms with Gasteiger partial charge < -0.3 is 4.90 Å². The third-order valence-corrected chi connectivity index (χ3v) is 5.71. The molecule has 0 radical (unpaired) electrons. The second kappa shape index (κ2) is 5.55. The number of thiophene rings is 1. The highest BCUT2D eigenvalue weighted by molar-refractivity contribution is 9.11. The van der Waals surface area contributed by atoms with E-state index >= 15 is 0 Å². The molecule has 0 aromatic carbocycles. The zero-order valence-corrected chi connectivity index (χ0v) is 14.9. The number of fused-ring (bicyclic) bond motifs is 1. The molecule has 0 N–H and O–H groups in total. The van der Waals surface area contributed by atoms with Crippen molar-refractivity contribution in [1.29, 1.82) is 0 Å². The van der Waals surface area contributed by atoms with Crippen LogP contribution in [0.2, 0.25) is 0 Å². The topological polar surface area (TPSA) is 20.5 Å². The molecule has 0 atom stereocenters. The van der Waals surface area contributed by atoms with Crippen molar-refractivity contribution in [2.45, 2.75) is 11.9 Å². The number of thiazole rings is 1. The maximum Gasteiger partial charge on any atom is 0.195 e. The number of imidazole rings is 1. The van der Waals surface area contributed by atoms with Gasteiger partial charge in [-0.1, -0.05) is 15.9 Å². The van der Waals surface area contributed by atoms with Gasteiger partial charge in [-0.05, 0) is 32.9 Å². The van der Waals surface area contributed by atoms with E-state index in [0.29, 0.717) is 0 Å². The summed E-state index contributed by atoms with van der Waals surface area (Å²) >= 11 is 10.4. The molecule has 0 spiro atoms. The molecule has 3 rings (SSSR count). The molecule has 19 heavy (non-hydrogen) atoms. The second-order valence-electron chi connectivity index (χ2n) is 4.19. The minimum Gasteiger partial charge on any atom is -0.354 e. The highest BCUT2D eigenvalue weighted by atomic mass is 79.9. The standard InChI is InChI=1S/C12H11Br2N3S2/c1-16(6-8-4-10(14)19-7-8)11-9(5-13)17-2-3-18-12(17)15-11/h2-4,7H,5-6H2,1H3. The van der Waals surface area contributed by atoms with Gasteiger partial charge in [-0.2, -0.15) is 0 Å². The van der Waals surface area contributed by atoms with Crippen LogP contribution in [0.25, 0.3) is 4.96 Å². The Hall–Kier alpha value is -0.370. The van der Waals surface area contributed by atoms with Crippen LogP contribution in [0.4, 0.5) is 5.82 Å². The molecule has 3 heterocycles. The summed E-state index contributed by atoms with van der Waals surface area (Å²) in [5.74, 6) is 1.05. The number of rotatable bonds is 4. The number of halogens is 2. The Morgan fingerprint density at radius 1 is 1.42 bits per heavy atom. The molecule has 7 heteroatoms. The first-order valence-electron chi connectivity index (χ1n) is 5.63. The summed E-state index contributed by atoms with van der Waals surface area (Å²) < 4.78 is 3.32. The van der Waals surface area contributed by atoms with Crippen molar-refractivity contribution >= 4 is 65.3 Å². The average Bonchev–Trinajstić information content (AvgIpc) is 3.03. The van der Waals surface area contributed by atoms with Gasteiger partial charge in [0.2, 0.25) is 0 Å². The summed E-state index contributed by atoms with van der Waals surface area (Å²) in [6.45, 7) is 0.868. The average molecular weight is 421 g/mol. The van der Waals surface area contributed by atoms with Crippen molar-refractivity contribution in [3.63, 3.8) is 0 Å². The Morgan fingerprint density at radius 3 is 2.95 bits per heavy atom. The number of alkyl halides is 1. The van der Waals surface area contributed by atoms with E-state index in [1.807, 2.05) is 0 Å². The molecule has 0 saturated heterocycles. The first-order chi connectivity index (χ1) is 9.19. The maximum atomic E-state index is 4.72. The number of anilines is 1. The second-order valence-corrected chi connectivity index (χ2v) is 7.91. The van der Waals surface area contributed by atoms with E-state index in [4.69, 9.17) is 4.98 Å². The van der Waals surface area contributed by atoms with Crippen LogP contribution in [-0.2, 0) is 11.9 Å². The zero-order valence-electron chi connectivity index (χ0n) is 10.1. The van der Waals surface area contributed by atoms with Gasteiger partial charge in [0.05, 0.1) is 9.48 Å². The lowest BCUT2D eigenvalue weighted by Crippen LogP contribution is -2.17. The summed E-state index contributed by atoms with van der Waals surface area (Å²) in [5.41, 5.74) is 2.50. The lowest BCUT2D eigenvalue weighted by Gasteiger charge is -2.17. The monoisotopic (exact) mass is 419 g/mol. The van der Waals surface area contributed by atoms with Gasteiger partial charge in [-0.25, -0.2) is 4.98 Å². The minimum atomic E-state index is 0.803. The van der Waals surface area contributed by atoms with Gasteiger partial charge in [0, 0.05) is 30.5 Å². The minimum absolute atomic E-state index is 0.803. The van der Waals surface area contributed by atoms with Gasteiger partial charge in [0.15, 0.2) is 10.8 Å². The predicted octanol–water partition coefficient (Wildman–Crippen LogP) is 4.75. The fourth-order valence-corrected chi connectivity index (χ4v) is 4.48. The highest BCUT2D eigenvalue weighted by Gasteiger charge is 2.16. The molecule has 0 bridgehead atoms. The Balaban J connectivity index is 1.92. The quantitative estimate of drug-likeness (QED) is 0.567. The van der Waals surface area contributed by atoms with Gasteiger partial charge in [-0.15, -0.1) is 22.7 Å². The first kappa shape index (κ1) is 13.6. The number of aromatic nitrogens is 2. The Kier molecular flexibility index (Phi) is 3.98. The van der Waals surface area contributed by atoms with Crippen molar-refractivity contribution in [3.8, 4) is 0 Å². The molecule has 100 valence electrons. The van der Waals surface area contributed by atoms with Crippen molar-refractivity contribution in [2.75, 3.05) is 11.9 Å². The van der Waals surface area contributed by atoms with E-state index in [1.54, 1.807) is 22.7 Å². The molecule has 0 unspecified atom stereocenters.